The third-order valence-corrected chi connectivity index (χ3v) is 5.63. The number of pyridine rings is 1. The number of nitrogens with one attached hydrogen (secondary N) is 2. The van der Waals surface area contributed by atoms with E-state index >= 15 is 0 Å². The molecule has 3 rings (SSSR count). The molecule has 0 spiro atoms. The monoisotopic (exact) mass is 477 g/mol. The Balaban J connectivity index is 1.69. The molecule has 2 atom stereocenters. The topological polar surface area (TPSA) is 89.6 Å². The van der Waals surface area contributed by atoms with E-state index in [-0.39, 0.29) is 17.9 Å². The van der Waals surface area contributed by atoms with E-state index < -0.39 is 17.5 Å². The van der Waals surface area contributed by atoms with Gasteiger partial charge in [0.15, 0.2) is 0 Å². The lowest BCUT2D eigenvalue weighted by molar-refractivity contribution is -0.121. The number of carbonyl (C=O) groups is 2. The van der Waals surface area contributed by atoms with Crippen molar-refractivity contribution in [2.45, 2.75) is 58.1 Å². The van der Waals surface area contributed by atoms with Gasteiger partial charge in [-0.25, -0.2) is 14.2 Å². The van der Waals surface area contributed by atoms with Crippen molar-refractivity contribution >= 4 is 29.4 Å². The normalized spacial score (nSPS) is 18.4. The summed E-state index contributed by atoms with van der Waals surface area (Å²) in [5.41, 5.74) is 0.564. The number of ether oxygens (including phenoxy) is 2. The van der Waals surface area contributed by atoms with Gasteiger partial charge in [-0.15, -0.1) is 0 Å². The lowest BCUT2D eigenvalue weighted by atomic mass is 9.85. The van der Waals surface area contributed by atoms with Gasteiger partial charge in [0.05, 0.1) is 12.1 Å². The molecule has 1 saturated carbocycles. The van der Waals surface area contributed by atoms with Crippen LogP contribution < -0.4 is 15.4 Å². The van der Waals surface area contributed by atoms with Gasteiger partial charge in [-0.2, -0.15) is 0 Å². The molecule has 2 aromatic rings. The number of benzene rings is 1. The maximum absolute atomic E-state index is 13.6. The number of aromatic nitrogens is 1. The molecule has 7 nitrogen and oxygen atoms in total. The number of carbonyl (C=O) groups excluding carboxylic acids is 2. The van der Waals surface area contributed by atoms with Gasteiger partial charge in [0.1, 0.15) is 23.0 Å². The largest absolute Gasteiger partial charge is 0.496 e. The maximum atomic E-state index is 13.6. The fourth-order valence-corrected chi connectivity index (χ4v) is 4.07. The van der Waals surface area contributed by atoms with Gasteiger partial charge < -0.3 is 20.1 Å². The van der Waals surface area contributed by atoms with E-state index in [1.54, 1.807) is 32.9 Å². The molecule has 0 unspecified atom stereocenters. The van der Waals surface area contributed by atoms with Crippen molar-refractivity contribution < 1.29 is 23.5 Å². The SMILES string of the molecule is COc1cc(F)ccc1-c1cc(NC(=O)[C@@H]2CCC[C@H](NC(=O)OC(C)(C)C)C2)ncc1Cl. The molecule has 9 heteroatoms. The number of hydrogen-bond donors (Lipinski definition) is 2. The molecule has 33 heavy (non-hydrogen) atoms. The number of nitrogens with zero attached hydrogens (tertiary/aromatic N) is 1. The first-order chi connectivity index (χ1) is 15.6. The Labute approximate surface area is 198 Å². The highest BCUT2D eigenvalue weighted by atomic mass is 35.5. The second-order valence-corrected chi connectivity index (χ2v) is 9.50. The van der Waals surface area contributed by atoms with Crippen LogP contribution in [0.25, 0.3) is 11.1 Å². The lowest BCUT2D eigenvalue weighted by Gasteiger charge is -2.30. The summed E-state index contributed by atoms with van der Waals surface area (Å²) in [6.45, 7) is 5.41. The van der Waals surface area contributed by atoms with Gasteiger partial charge in [-0.1, -0.05) is 18.0 Å². The van der Waals surface area contributed by atoms with E-state index in [9.17, 15) is 14.0 Å². The zero-order valence-corrected chi connectivity index (χ0v) is 20.0. The highest BCUT2D eigenvalue weighted by molar-refractivity contribution is 6.33. The Hall–Kier alpha value is -2.87. The van der Waals surface area contributed by atoms with Crippen molar-refractivity contribution in [2.24, 2.45) is 5.92 Å². The molecule has 1 aromatic heterocycles. The number of methoxy groups -OCH3 is 1. The van der Waals surface area contributed by atoms with E-state index in [0.717, 1.165) is 12.8 Å². The average Bonchev–Trinajstić information content (AvgIpc) is 2.74. The van der Waals surface area contributed by atoms with E-state index in [4.69, 9.17) is 21.1 Å². The predicted molar refractivity (Wildman–Crippen MR) is 125 cm³/mol. The number of alkyl carbamates (subject to hydrolysis) is 1. The molecule has 0 saturated heterocycles. The number of rotatable bonds is 5. The minimum atomic E-state index is -0.583. The number of anilines is 1. The fourth-order valence-electron chi connectivity index (χ4n) is 3.86. The van der Waals surface area contributed by atoms with Crippen molar-refractivity contribution in [1.29, 1.82) is 0 Å². The summed E-state index contributed by atoms with van der Waals surface area (Å²) in [5.74, 6) is -0.240. The molecule has 1 heterocycles. The zero-order valence-electron chi connectivity index (χ0n) is 19.2. The third kappa shape index (κ3) is 6.81. The minimum absolute atomic E-state index is 0.137. The molecule has 0 radical (unpaired) electrons. The summed E-state index contributed by atoms with van der Waals surface area (Å²) in [7, 11) is 1.45. The van der Waals surface area contributed by atoms with Crippen LogP contribution in [0.4, 0.5) is 15.0 Å². The first kappa shape index (κ1) is 24.8. The summed E-state index contributed by atoms with van der Waals surface area (Å²) in [6.07, 6.45) is 3.78. The van der Waals surface area contributed by atoms with Gasteiger partial charge in [-0.05, 0) is 58.2 Å². The summed E-state index contributed by atoms with van der Waals surface area (Å²) in [6, 6.07) is 5.64. The lowest BCUT2D eigenvalue weighted by Crippen LogP contribution is -2.43. The highest BCUT2D eigenvalue weighted by Crippen LogP contribution is 2.36. The molecule has 0 bridgehead atoms. The Morgan fingerprint density at radius 1 is 1.18 bits per heavy atom. The summed E-state index contributed by atoms with van der Waals surface area (Å²) >= 11 is 6.32. The van der Waals surface area contributed by atoms with E-state index in [1.807, 2.05) is 0 Å². The first-order valence-corrected chi connectivity index (χ1v) is 11.2. The van der Waals surface area contributed by atoms with Crippen molar-refractivity contribution in [3.8, 4) is 16.9 Å². The molecule has 1 aliphatic rings. The summed E-state index contributed by atoms with van der Waals surface area (Å²) in [5, 5.41) is 6.05. The maximum Gasteiger partial charge on any atom is 0.407 e. The molecule has 2 N–H and O–H groups in total. The number of halogens is 2. The van der Waals surface area contributed by atoms with Crippen LogP contribution in [-0.2, 0) is 9.53 Å². The highest BCUT2D eigenvalue weighted by Gasteiger charge is 2.29. The first-order valence-electron chi connectivity index (χ1n) is 10.9. The second kappa shape index (κ2) is 10.4. The standard InChI is InChI=1S/C24H29ClFN3O4/c1-24(2,3)33-23(31)28-16-7-5-6-14(10-16)22(30)29-21-12-18(19(25)13-27-21)17-9-8-15(26)11-20(17)32-4/h8-9,11-14,16H,5-7,10H2,1-4H3,(H,28,31)(H,27,29,30)/t14-,16+/m1/s1. The molecule has 2 amide bonds. The molecule has 0 aliphatic heterocycles. The molecule has 178 valence electrons. The average molecular weight is 478 g/mol. The van der Waals surface area contributed by atoms with Crippen molar-refractivity contribution in [3.05, 3.63) is 41.3 Å². The van der Waals surface area contributed by atoms with Gasteiger partial charge in [0.25, 0.3) is 0 Å². The summed E-state index contributed by atoms with van der Waals surface area (Å²) < 4.78 is 24.2. The van der Waals surface area contributed by atoms with Crippen LogP contribution in [0.2, 0.25) is 5.02 Å². The van der Waals surface area contributed by atoms with Crippen LogP contribution in [0, 0.1) is 11.7 Å². The number of amides is 2. The van der Waals surface area contributed by atoms with E-state index in [0.29, 0.717) is 40.6 Å². The van der Waals surface area contributed by atoms with Crippen LogP contribution in [0.5, 0.6) is 5.75 Å². The van der Waals surface area contributed by atoms with Crippen LogP contribution in [-0.4, -0.2) is 35.7 Å². The van der Waals surface area contributed by atoms with Gasteiger partial charge >= 0.3 is 6.09 Å². The summed E-state index contributed by atoms with van der Waals surface area (Å²) in [4.78, 5) is 29.2. The molecular formula is C24H29ClFN3O4. The van der Waals surface area contributed by atoms with Crippen molar-refractivity contribution in [1.82, 2.24) is 10.3 Å². The predicted octanol–water partition coefficient (Wildman–Crippen LogP) is 5.57. The van der Waals surface area contributed by atoms with Gasteiger partial charge in [-0.3, -0.25) is 4.79 Å². The van der Waals surface area contributed by atoms with Crippen LogP contribution in [0.3, 0.4) is 0 Å². The Morgan fingerprint density at radius 3 is 2.64 bits per heavy atom. The third-order valence-electron chi connectivity index (χ3n) is 5.33. The Morgan fingerprint density at radius 2 is 1.94 bits per heavy atom. The molecule has 1 aromatic carbocycles. The van der Waals surface area contributed by atoms with E-state index in [2.05, 4.69) is 15.6 Å². The number of hydrogen-bond acceptors (Lipinski definition) is 5. The van der Waals surface area contributed by atoms with Crippen LogP contribution in [0.1, 0.15) is 46.5 Å². The van der Waals surface area contributed by atoms with Crippen molar-refractivity contribution in [2.75, 3.05) is 12.4 Å². The van der Waals surface area contributed by atoms with Crippen molar-refractivity contribution in [3.63, 3.8) is 0 Å². The van der Waals surface area contributed by atoms with E-state index in [1.165, 1.54) is 25.4 Å². The quantitative estimate of drug-likeness (QED) is 0.587. The van der Waals surface area contributed by atoms with Gasteiger partial charge in [0, 0.05) is 35.3 Å². The van der Waals surface area contributed by atoms with Crippen LogP contribution >= 0.6 is 11.6 Å². The van der Waals surface area contributed by atoms with Crippen LogP contribution in [0.15, 0.2) is 30.5 Å². The van der Waals surface area contributed by atoms with Gasteiger partial charge in [0.2, 0.25) is 5.91 Å². The Bertz CT molecular complexity index is 1030. The second-order valence-electron chi connectivity index (χ2n) is 9.09. The molecule has 1 fully saturated rings. The molecular weight excluding hydrogens is 449 g/mol. The molecule has 1 aliphatic carbocycles. The minimum Gasteiger partial charge on any atom is -0.496 e. The fraction of sp³-hybridized carbons (Fsp3) is 0.458. The smallest absolute Gasteiger partial charge is 0.407 e. The zero-order chi connectivity index (χ0) is 24.2. The Kier molecular flexibility index (Phi) is 7.79.